The van der Waals surface area contributed by atoms with E-state index < -0.39 is 0 Å². The summed E-state index contributed by atoms with van der Waals surface area (Å²) in [7, 11) is 5.86. The second kappa shape index (κ2) is 681. The Bertz CT molecular complexity index is 14.9. The summed E-state index contributed by atoms with van der Waals surface area (Å²) in [6, 6.07) is 0. The van der Waals surface area contributed by atoms with E-state index >= 15 is 0 Å². The molecular weight excluding hydrogens is 203 g/mol. The van der Waals surface area contributed by atoms with Crippen LogP contribution in [0.3, 0.4) is 0 Å². The van der Waals surface area contributed by atoms with E-state index in [9.17, 15) is 0 Å². The van der Waals surface area contributed by atoms with Gasteiger partial charge in [-0.2, -0.15) is 7.05 Å². The topological polar surface area (TPSA) is 40.9 Å². The number of rotatable bonds is 0. The Morgan fingerprint density at radius 2 is 1.43 bits per heavy atom. The molecule has 0 radical (unpaired) electrons. The Balaban J connectivity index is -0.00000000900. The second-order valence-corrected chi connectivity index (χ2v) is 0. The molecule has 0 bridgehead atoms. The van der Waals surface area contributed by atoms with Gasteiger partial charge in [0, 0.05) is 0 Å². The molecule has 0 aliphatic heterocycles. The quantitative estimate of drug-likeness (QED) is 0.338. The number of hydrogen-bond acceptors (Lipinski definition) is 1. The predicted molar refractivity (Wildman–Crippen MR) is 30.7 cm³/mol. The van der Waals surface area contributed by atoms with Crippen LogP contribution in [0.1, 0.15) is 0 Å². The van der Waals surface area contributed by atoms with Gasteiger partial charge in [0.25, 0.3) is 0 Å². The zero-order chi connectivity index (χ0) is 6.00. The fraction of sp³-hybridized carbons (Fsp3) is 0.333. The fourth-order valence-electron chi connectivity index (χ4n) is 0. The summed E-state index contributed by atoms with van der Waals surface area (Å²) in [5, 5.41) is 0. The van der Waals surface area contributed by atoms with Crippen LogP contribution in [0.5, 0.6) is 0 Å². The molecule has 0 fully saturated rings. The molecule has 0 unspecified atom stereocenters. The molecule has 7 heavy (non-hydrogen) atoms. The summed E-state index contributed by atoms with van der Waals surface area (Å²) >= 11 is 1.62. The van der Waals surface area contributed by atoms with Crippen LogP contribution >= 0.6 is 9.69 Å². The zero-order valence-corrected chi connectivity index (χ0v) is 6.86. The van der Waals surface area contributed by atoms with Gasteiger partial charge in [0.2, 0.25) is 0 Å². The van der Waals surface area contributed by atoms with Gasteiger partial charge < -0.3 is 18.0 Å². The van der Waals surface area contributed by atoms with Crippen molar-refractivity contribution in [2.24, 2.45) is 0 Å². The molecule has 0 amide bonds. The molecular formula is C3H9ClNORu-3. The maximum absolute atomic E-state index is 7.75. The van der Waals surface area contributed by atoms with Crippen molar-refractivity contribution >= 4 is 16.5 Å². The number of halogens is 1. The van der Waals surface area contributed by atoms with E-state index in [1.807, 2.05) is 0 Å². The van der Waals surface area contributed by atoms with Crippen molar-refractivity contribution in [1.29, 1.82) is 0 Å². The van der Waals surface area contributed by atoms with Crippen LogP contribution in [0.4, 0.5) is 0 Å². The van der Waals surface area contributed by atoms with E-state index in [0.29, 0.717) is 0 Å². The van der Waals surface area contributed by atoms with E-state index in [2.05, 4.69) is 16.5 Å². The van der Waals surface area contributed by atoms with Crippen molar-refractivity contribution in [3.8, 4) is 0 Å². The third kappa shape index (κ3) is 457. The monoisotopic (exact) mass is 212 g/mol. The molecule has 0 spiro atoms. The Morgan fingerprint density at radius 1 is 1.43 bits per heavy atom. The van der Waals surface area contributed by atoms with E-state index in [4.69, 9.17) is 10.5 Å². The van der Waals surface area contributed by atoms with Gasteiger partial charge in [-0.05, 0) is 0 Å². The van der Waals surface area contributed by atoms with Crippen LogP contribution < -0.4 is 0 Å². The van der Waals surface area contributed by atoms with Crippen molar-refractivity contribution in [2.75, 3.05) is 7.05 Å². The first-order valence-corrected chi connectivity index (χ1v) is 3.27. The van der Waals surface area contributed by atoms with Gasteiger partial charge in [-0.3, -0.25) is 6.79 Å². The SMILES string of the molecule is C[NH-].[CH-]=O.[CH3-].[Cl][RuH]. The van der Waals surface area contributed by atoms with Crippen LogP contribution in [0.15, 0.2) is 0 Å². The van der Waals surface area contributed by atoms with Gasteiger partial charge in [0.1, 0.15) is 0 Å². The minimum absolute atomic E-state index is 0. The standard InChI is InChI=1S/CH4N.CHO.CH3.ClH.Ru.H/c2*1-2;;;;/h2H,1H3;1H;1H3;1H;;/q3*-1;;+1;/p-1. The Labute approximate surface area is 59.1 Å². The number of nitrogens with one attached hydrogen (secondary N) is 1. The molecule has 0 rings (SSSR count). The molecule has 1 N–H and O–H groups in total. The van der Waals surface area contributed by atoms with Gasteiger partial charge in [-0.1, -0.05) is 0 Å². The van der Waals surface area contributed by atoms with Crippen molar-refractivity contribution < 1.29 is 22.1 Å². The average Bonchev–Trinajstić information content (AvgIpc) is 1.81. The van der Waals surface area contributed by atoms with Gasteiger partial charge in [0.05, 0.1) is 0 Å². The molecule has 0 heterocycles. The van der Waals surface area contributed by atoms with Crippen molar-refractivity contribution in [1.82, 2.24) is 0 Å². The normalized spacial score (nSPS) is 2.43. The fourth-order valence-corrected chi connectivity index (χ4v) is 0. The van der Waals surface area contributed by atoms with Crippen LogP contribution in [0.25, 0.3) is 5.73 Å². The Kier molecular flexibility index (Phi) is 2500. The molecule has 0 aromatic carbocycles. The molecule has 0 aromatic heterocycles. The molecule has 4 heteroatoms. The third-order valence-electron chi connectivity index (χ3n) is 0. The second-order valence-electron chi connectivity index (χ2n) is 0. The zero-order valence-electron chi connectivity index (χ0n) is 4.24. The first-order chi connectivity index (χ1) is 3.00. The number of carbonyl (C=O) groups excluding carboxylic acids is 1. The van der Waals surface area contributed by atoms with E-state index in [-0.39, 0.29) is 7.43 Å². The predicted octanol–water partition coefficient (Wildman–Crippen LogP) is 1.26. The van der Waals surface area contributed by atoms with Crippen LogP contribution in [0.2, 0.25) is 0 Å². The molecule has 2 nitrogen and oxygen atoms in total. The van der Waals surface area contributed by atoms with E-state index in [0.717, 1.165) is 0 Å². The van der Waals surface area contributed by atoms with Gasteiger partial charge in [0.15, 0.2) is 0 Å². The van der Waals surface area contributed by atoms with E-state index in [1.54, 1.807) is 17.3 Å². The first-order valence-electron chi connectivity index (χ1n) is 0.879. The summed E-state index contributed by atoms with van der Waals surface area (Å²) in [6.45, 7) is 3.25. The summed E-state index contributed by atoms with van der Waals surface area (Å²) < 4.78 is 0. The summed E-state index contributed by atoms with van der Waals surface area (Å²) in [5.41, 5.74) is 5.75. The van der Waals surface area contributed by atoms with Crippen LogP contribution in [0, 0.1) is 7.43 Å². The van der Waals surface area contributed by atoms with Gasteiger partial charge in [-0.25, -0.2) is 0 Å². The van der Waals surface area contributed by atoms with Gasteiger partial charge in [-0.15, -0.1) is 0 Å². The molecule has 0 aliphatic carbocycles. The summed E-state index contributed by atoms with van der Waals surface area (Å²) in [6.07, 6.45) is 0. The van der Waals surface area contributed by atoms with Crippen molar-refractivity contribution in [3.63, 3.8) is 0 Å². The molecule has 0 aliphatic rings. The molecule has 0 aromatic rings. The molecule has 50 valence electrons. The maximum atomic E-state index is 7.75. The minimum atomic E-state index is 0. The van der Waals surface area contributed by atoms with Crippen LogP contribution in [-0.2, 0) is 22.1 Å². The van der Waals surface area contributed by atoms with Crippen molar-refractivity contribution in [2.45, 2.75) is 0 Å². The Hall–Kier alpha value is 0.543. The molecule has 0 saturated heterocycles. The number of hydrogen-bond donors (Lipinski definition) is 0. The Morgan fingerprint density at radius 3 is 1.43 bits per heavy atom. The molecule has 0 saturated carbocycles. The summed E-state index contributed by atoms with van der Waals surface area (Å²) in [4.78, 5) is 7.75. The first kappa shape index (κ1) is 25.7. The van der Waals surface area contributed by atoms with E-state index in [1.165, 1.54) is 7.05 Å². The van der Waals surface area contributed by atoms with Gasteiger partial charge >= 0.3 is 27.0 Å². The average molecular weight is 212 g/mol. The van der Waals surface area contributed by atoms with Crippen LogP contribution in [-0.4, -0.2) is 13.8 Å². The molecule has 0 atom stereocenters. The summed E-state index contributed by atoms with van der Waals surface area (Å²) in [5.74, 6) is 0. The third-order valence-corrected chi connectivity index (χ3v) is 0. The van der Waals surface area contributed by atoms with Crippen molar-refractivity contribution in [3.05, 3.63) is 13.2 Å².